The molecule has 1 saturated heterocycles. The second kappa shape index (κ2) is 6.87. The fraction of sp³-hybridized carbons (Fsp3) is 0.316. The maximum atomic E-state index is 4.38. The van der Waals surface area contributed by atoms with Crippen LogP contribution in [-0.4, -0.2) is 47.3 Å². The van der Waals surface area contributed by atoms with Crippen LogP contribution in [0.4, 0.5) is 5.69 Å². The summed E-state index contributed by atoms with van der Waals surface area (Å²) >= 11 is 1.83. The standard InChI is InChI=1S/C19H22N4S/c1-24-18-7-3-2-6-17(18)23-11-9-22(10-12-23)14-15-13-21-19-16(15)5-4-8-20-19/h2-8,13H,9-12,14H2,1H3,(H,20,21). The Hall–Kier alpha value is -1.98. The van der Waals surface area contributed by atoms with E-state index >= 15 is 0 Å². The lowest BCUT2D eigenvalue weighted by atomic mass is 10.2. The molecule has 1 aromatic carbocycles. The van der Waals surface area contributed by atoms with E-state index in [1.54, 1.807) is 0 Å². The number of fused-ring (bicyclic) bond motifs is 1. The lowest BCUT2D eigenvalue weighted by Gasteiger charge is -2.36. The number of anilines is 1. The quantitative estimate of drug-likeness (QED) is 0.737. The van der Waals surface area contributed by atoms with Crippen molar-refractivity contribution in [2.75, 3.05) is 37.3 Å². The van der Waals surface area contributed by atoms with Gasteiger partial charge >= 0.3 is 0 Å². The Labute approximate surface area is 146 Å². The third-order valence-electron chi connectivity index (χ3n) is 4.73. The van der Waals surface area contributed by atoms with Crippen LogP contribution >= 0.6 is 11.8 Å². The molecular formula is C19H22N4S. The summed E-state index contributed by atoms with van der Waals surface area (Å²) in [5.41, 5.74) is 3.71. The van der Waals surface area contributed by atoms with E-state index in [0.29, 0.717) is 0 Å². The molecule has 0 spiro atoms. The van der Waals surface area contributed by atoms with Crippen LogP contribution < -0.4 is 4.90 Å². The van der Waals surface area contributed by atoms with Gasteiger partial charge in [0.15, 0.2) is 0 Å². The lowest BCUT2D eigenvalue weighted by molar-refractivity contribution is 0.250. The van der Waals surface area contributed by atoms with E-state index in [4.69, 9.17) is 0 Å². The molecule has 2 aromatic heterocycles. The highest BCUT2D eigenvalue weighted by Gasteiger charge is 2.19. The second-order valence-corrected chi connectivity index (χ2v) is 7.00. The molecule has 0 saturated carbocycles. The average Bonchev–Trinajstić information content (AvgIpc) is 3.05. The molecule has 0 unspecified atom stereocenters. The predicted octanol–water partition coefficient (Wildman–Crippen LogP) is 3.61. The number of hydrogen-bond acceptors (Lipinski definition) is 4. The zero-order valence-corrected chi connectivity index (χ0v) is 14.7. The zero-order valence-electron chi connectivity index (χ0n) is 13.9. The van der Waals surface area contributed by atoms with Gasteiger partial charge in [-0.2, -0.15) is 0 Å². The minimum atomic E-state index is 0.986. The highest BCUT2D eigenvalue weighted by atomic mass is 32.2. The third kappa shape index (κ3) is 3.01. The monoisotopic (exact) mass is 338 g/mol. The Morgan fingerprint density at radius 3 is 2.75 bits per heavy atom. The van der Waals surface area contributed by atoms with Crippen molar-refractivity contribution in [2.24, 2.45) is 0 Å². The van der Waals surface area contributed by atoms with Crippen LogP contribution in [0.1, 0.15) is 5.56 Å². The molecular weight excluding hydrogens is 316 g/mol. The molecule has 4 rings (SSSR count). The Morgan fingerprint density at radius 1 is 1.08 bits per heavy atom. The van der Waals surface area contributed by atoms with Crippen LogP contribution in [0.25, 0.3) is 11.0 Å². The van der Waals surface area contributed by atoms with Crippen LogP contribution in [0.3, 0.4) is 0 Å². The molecule has 4 nitrogen and oxygen atoms in total. The maximum absolute atomic E-state index is 4.38. The van der Waals surface area contributed by atoms with Gasteiger partial charge in [0, 0.05) is 55.4 Å². The summed E-state index contributed by atoms with van der Waals surface area (Å²) in [7, 11) is 0. The molecule has 0 atom stereocenters. The number of rotatable bonds is 4. The highest BCUT2D eigenvalue weighted by Crippen LogP contribution is 2.29. The van der Waals surface area contributed by atoms with Gasteiger partial charge in [0.25, 0.3) is 0 Å². The van der Waals surface area contributed by atoms with Gasteiger partial charge in [-0.3, -0.25) is 4.90 Å². The van der Waals surface area contributed by atoms with Crippen LogP contribution in [0.2, 0.25) is 0 Å². The van der Waals surface area contributed by atoms with Gasteiger partial charge < -0.3 is 9.88 Å². The molecule has 3 aromatic rings. The number of piperazine rings is 1. The number of para-hydroxylation sites is 1. The molecule has 1 aliphatic rings. The number of benzene rings is 1. The molecule has 24 heavy (non-hydrogen) atoms. The van der Waals surface area contributed by atoms with E-state index in [2.05, 4.69) is 62.6 Å². The summed E-state index contributed by atoms with van der Waals surface area (Å²) in [4.78, 5) is 14.1. The number of H-pyrrole nitrogens is 1. The maximum Gasteiger partial charge on any atom is 0.137 e. The molecule has 1 N–H and O–H groups in total. The summed E-state index contributed by atoms with van der Waals surface area (Å²) in [6.45, 7) is 5.34. The van der Waals surface area contributed by atoms with E-state index in [-0.39, 0.29) is 0 Å². The summed E-state index contributed by atoms with van der Waals surface area (Å²) in [6, 6.07) is 12.9. The normalized spacial score (nSPS) is 16.0. The molecule has 0 aliphatic carbocycles. The molecule has 3 heterocycles. The Morgan fingerprint density at radius 2 is 1.92 bits per heavy atom. The Bertz CT molecular complexity index is 821. The lowest BCUT2D eigenvalue weighted by Crippen LogP contribution is -2.46. The SMILES string of the molecule is CSc1ccccc1N1CCN(Cc2c[nH]c3ncccc23)CC1. The summed E-state index contributed by atoms with van der Waals surface area (Å²) < 4.78 is 0. The van der Waals surface area contributed by atoms with Crippen molar-refractivity contribution in [2.45, 2.75) is 11.4 Å². The van der Waals surface area contributed by atoms with Crippen LogP contribution in [0, 0.1) is 0 Å². The van der Waals surface area contributed by atoms with Crippen LogP contribution in [-0.2, 0) is 6.54 Å². The number of aromatic amines is 1. The summed E-state index contributed by atoms with van der Waals surface area (Å²) in [6.07, 6.45) is 6.10. The largest absolute Gasteiger partial charge is 0.368 e. The van der Waals surface area contributed by atoms with Crippen molar-refractivity contribution in [1.29, 1.82) is 0 Å². The van der Waals surface area contributed by atoms with Crippen molar-refractivity contribution in [3.05, 3.63) is 54.4 Å². The molecule has 5 heteroatoms. The van der Waals surface area contributed by atoms with Crippen molar-refractivity contribution in [3.8, 4) is 0 Å². The minimum Gasteiger partial charge on any atom is -0.368 e. The predicted molar refractivity (Wildman–Crippen MR) is 102 cm³/mol. The zero-order chi connectivity index (χ0) is 16.4. The first-order valence-electron chi connectivity index (χ1n) is 8.36. The van der Waals surface area contributed by atoms with Gasteiger partial charge in [0.1, 0.15) is 5.65 Å². The van der Waals surface area contributed by atoms with Gasteiger partial charge in [0.2, 0.25) is 0 Å². The van der Waals surface area contributed by atoms with Crippen molar-refractivity contribution < 1.29 is 0 Å². The molecule has 0 bridgehead atoms. The fourth-order valence-corrected chi connectivity index (χ4v) is 4.04. The number of thioether (sulfide) groups is 1. The van der Waals surface area contributed by atoms with E-state index in [0.717, 1.165) is 38.4 Å². The Balaban J connectivity index is 1.43. The van der Waals surface area contributed by atoms with Gasteiger partial charge in [-0.15, -0.1) is 11.8 Å². The average molecular weight is 338 g/mol. The van der Waals surface area contributed by atoms with Crippen molar-refractivity contribution in [3.63, 3.8) is 0 Å². The number of pyridine rings is 1. The molecule has 0 radical (unpaired) electrons. The van der Waals surface area contributed by atoms with E-state index < -0.39 is 0 Å². The second-order valence-electron chi connectivity index (χ2n) is 6.15. The fourth-order valence-electron chi connectivity index (χ4n) is 3.42. The third-order valence-corrected chi connectivity index (χ3v) is 5.51. The van der Waals surface area contributed by atoms with E-state index in [9.17, 15) is 0 Å². The molecule has 124 valence electrons. The van der Waals surface area contributed by atoms with Crippen LogP contribution in [0.5, 0.6) is 0 Å². The highest BCUT2D eigenvalue weighted by molar-refractivity contribution is 7.98. The molecule has 0 amide bonds. The molecule has 1 fully saturated rings. The van der Waals surface area contributed by atoms with Crippen molar-refractivity contribution >= 4 is 28.5 Å². The first-order chi connectivity index (χ1) is 11.8. The summed E-state index contributed by atoms with van der Waals surface area (Å²) in [5, 5.41) is 1.24. The van der Waals surface area contributed by atoms with Gasteiger partial charge in [-0.1, -0.05) is 12.1 Å². The first kappa shape index (κ1) is 15.5. The van der Waals surface area contributed by atoms with Crippen molar-refractivity contribution in [1.82, 2.24) is 14.9 Å². The first-order valence-corrected chi connectivity index (χ1v) is 9.59. The smallest absolute Gasteiger partial charge is 0.137 e. The topological polar surface area (TPSA) is 35.2 Å². The summed E-state index contributed by atoms with van der Waals surface area (Å²) in [5.74, 6) is 0. The van der Waals surface area contributed by atoms with E-state index in [1.807, 2.05) is 24.0 Å². The number of nitrogens with one attached hydrogen (secondary N) is 1. The van der Waals surface area contributed by atoms with Gasteiger partial charge in [-0.25, -0.2) is 4.98 Å². The number of hydrogen-bond donors (Lipinski definition) is 1. The van der Waals surface area contributed by atoms with E-state index in [1.165, 1.54) is 21.5 Å². The van der Waals surface area contributed by atoms with Gasteiger partial charge in [-0.05, 0) is 36.1 Å². The Kier molecular flexibility index (Phi) is 4.45. The van der Waals surface area contributed by atoms with Gasteiger partial charge in [0.05, 0.1) is 5.69 Å². The molecule has 1 aliphatic heterocycles. The minimum absolute atomic E-state index is 0.986. The number of nitrogens with zero attached hydrogens (tertiary/aromatic N) is 3. The number of aromatic nitrogens is 2. The van der Waals surface area contributed by atoms with Crippen LogP contribution in [0.15, 0.2) is 53.7 Å².